The van der Waals surface area contributed by atoms with Gasteiger partial charge in [-0.2, -0.15) is 0 Å². The quantitative estimate of drug-likeness (QED) is 0.625. The third-order valence-electron chi connectivity index (χ3n) is 2.75. The molecule has 1 aromatic carbocycles. The molecule has 1 rings (SSSR count). The van der Waals surface area contributed by atoms with Crippen molar-refractivity contribution < 1.29 is 4.79 Å². The fourth-order valence-electron chi connectivity index (χ4n) is 1.67. The predicted octanol–water partition coefficient (Wildman–Crippen LogP) is 4.22. The monoisotopic (exact) mass is 217 g/mol. The summed E-state index contributed by atoms with van der Waals surface area (Å²) in [6.45, 7) is 5.93. The maximum atomic E-state index is 11.7. The van der Waals surface area contributed by atoms with Gasteiger partial charge in [0.15, 0.2) is 5.78 Å². The molecule has 0 aliphatic heterocycles. The highest BCUT2D eigenvalue weighted by Crippen LogP contribution is 2.11. The van der Waals surface area contributed by atoms with E-state index in [4.69, 9.17) is 0 Å². The second-order valence-corrected chi connectivity index (χ2v) is 4.18. The van der Waals surface area contributed by atoms with E-state index in [1.165, 1.54) is 5.56 Å². The van der Waals surface area contributed by atoms with Crippen molar-refractivity contribution in [2.75, 3.05) is 0 Å². The van der Waals surface area contributed by atoms with Crippen molar-refractivity contribution in [3.63, 3.8) is 0 Å². The molecular formula is C15H21O. The molecule has 0 aromatic heterocycles. The van der Waals surface area contributed by atoms with E-state index in [9.17, 15) is 4.79 Å². The number of Topliss-reactive ketones (excluding diaryl/α,β-unsaturated/α-hetero) is 1. The highest BCUT2D eigenvalue weighted by molar-refractivity contribution is 5.96. The molecule has 0 amide bonds. The first-order valence-corrected chi connectivity index (χ1v) is 6.19. The summed E-state index contributed by atoms with van der Waals surface area (Å²) in [5.41, 5.74) is 2.16. The minimum atomic E-state index is 0.269. The standard InChI is InChI=1S/C15H21O/c1-3-5-7-13-9-11-14(12-10-13)15(16)8-6-4-2/h9-12H,1,3-8H2,2H3. The maximum absolute atomic E-state index is 11.7. The molecule has 16 heavy (non-hydrogen) atoms. The molecule has 0 N–H and O–H groups in total. The zero-order valence-corrected chi connectivity index (χ0v) is 10.2. The predicted molar refractivity (Wildman–Crippen MR) is 68.6 cm³/mol. The number of hydrogen-bond donors (Lipinski definition) is 0. The third-order valence-corrected chi connectivity index (χ3v) is 2.75. The van der Waals surface area contributed by atoms with Crippen molar-refractivity contribution in [3.8, 4) is 0 Å². The van der Waals surface area contributed by atoms with Gasteiger partial charge in [0.1, 0.15) is 0 Å². The van der Waals surface area contributed by atoms with Crippen molar-refractivity contribution in [2.24, 2.45) is 0 Å². The first-order chi connectivity index (χ1) is 7.77. The maximum Gasteiger partial charge on any atom is 0.162 e. The van der Waals surface area contributed by atoms with Crippen LogP contribution in [0.5, 0.6) is 0 Å². The molecule has 0 saturated carbocycles. The lowest BCUT2D eigenvalue weighted by Gasteiger charge is -2.03. The lowest BCUT2D eigenvalue weighted by Crippen LogP contribution is -1.98. The summed E-state index contributed by atoms with van der Waals surface area (Å²) in [6, 6.07) is 8.04. The highest BCUT2D eigenvalue weighted by atomic mass is 16.1. The second-order valence-electron chi connectivity index (χ2n) is 4.18. The van der Waals surface area contributed by atoms with Gasteiger partial charge in [-0.15, -0.1) is 0 Å². The molecule has 87 valence electrons. The number of carbonyl (C=O) groups excluding carboxylic acids is 1. The van der Waals surface area contributed by atoms with E-state index in [0.717, 1.165) is 37.7 Å². The lowest BCUT2D eigenvalue weighted by atomic mass is 10.0. The number of rotatable bonds is 7. The number of ketones is 1. The van der Waals surface area contributed by atoms with Gasteiger partial charge in [-0.3, -0.25) is 4.79 Å². The zero-order valence-electron chi connectivity index (χ0n) is 10.2. The third kappa shape index (κ3) is 4.18. The summed E-state index contributed by atoms with van der Waals surface area (Å²) in [7, 11) is 0. The summed E-state index contributed by atoms with van der Waals surface area (Å²) in [5.74, 6) is 0.269. The van der Waals surface area contributed by atoms with Crippen LogP contribution in [-0.2, 0) is 6.42 Å². The molecule has 0 spiro atoms. The normalized spacial score (nSPS) is 10.4. The molecule has 0 heterocycles. The zero-order chi connectivity index (χ0) is 11.8. The van der Waals surface area contributed by atoms with Crippen LogP contribution in [0.4, 0.5) is 0 Å². The first kappa shape index (κ1) is 13.0. The van der Waals surface area contributed by atoms with Crippen molar-refractivity contribution in [1.29, 1.82) is 0 Å². The molecule has 0 fully saturated rings. The topological polar surface area (TPSA) is 17.1 Å². The summed E-state index contributed by atoms with van der Waals surface area (Å²) in [5, 5.41) is 0. The van der Waals surface area contributed by atoms with Crippen LogP contribution >= 0.6 is 0 Å². The Labute approximate surface area is 98.9 Å². The van der Waals surface area contributed by atoms with Gasteiger partial charge in [0.05, 0.1) is 0 Å². The van der Waals surface area contributed by atoms with E-state index < -0.39 is 0 Å². The van der Waals surface area contributed by atoms with Crippen LogP contribution in [0, 0.1) is 6.92 Å². The Morgan fingerprint density at radius 1 is 1.19 bits per heavy atom. The van der Waals surface area contributed by atoms with Gasteiger partial charge >= 0.3 is 0 Å². The first-order valence-electron chi connectivity index (χ1n) is 6.19. The summed E-state index contributed by atoms with van der Waals surface area (Å²) < 4.78 is 0. The molecule has 1 aromatic rings. The smallest absolute Gasteiger partial charge is 0.162 e. The lowest BCUT2D eigenvalue weighted by molar-refractivity contribution is 0.0980. The summed E-state index contributed by atoms with van der Waals surface area (Å²) >= 11 is 0. The Bertz CT molecular complexity index is 311. The van der Waals surface area contributed by atoms with Crippen LogP contribution in [0.1, 0.15) is 54.9 Å². The van der Waals surface area contributed by atoms with Crippen LogP contribution < -0.4 is 0 Å². The van der Waals surface area contributed by atoms with Gasteiger partial charge in [0.2, 0.25) is 0 Å². The number of aryl methyl sites for hydroxylation is 1. The Kier molecular flexibility index (Phi) is 5.84. The molecular weight excluding hydrogens is 196 g/mol. The molecule has 0 aliphatic carbocycles. The van der Waals surface area contributed by atoms with E-state index in [1.54, 1.807) is 0 Å². The second kappa shape index (κ2) is 7.21. The number of unbranched alkanes of at least 4 members (excludes halogenated alkanes) is 2. The number of carbonyl (C=O) groups is 1. The fourth-order valence-corrected chi connectivity index (χ4v) is 1.67. The van der Waals surface area contributed by atoms with E-state index in [1.807, 2.05) is 12.1 Å². The molecule has 1 radical (unpaired) electrons. The van der Waals surface area contributed by atoms with Crippen molar-refractivity contribution in [1.82, 2.24) is 0 Å². The number of hydrogen-bond acceptors (Lipinski definition) is 1. The Hall–Kier alpha value is -1.11. The van der Waals surface area contributed by atoms with Gasteiger partial charge in [0, 0.05) is 12.0 Å². The van der Waals surface area contributed by atoms with Crippen LogP contribution in [0.2, 0.25) is 0 Å². The summed E-state index contributed by atoms with van der Waals surface area (Å²) in [6.07, 6.45) is 5.89. The largest absolute Gasteiger partial charge is 0.294 e. The van der Waals surface area contributed by atoms with Gasteiger partial charge in [-0.25, -0.2) is 0 Å². The minimum Gasteiger partial charge on any atom is -0.294 e. The van der Waals surface area contributed by atoms with E-state index >= 15 is 0 Å². The molecule has 0 saturated heterocycles. The van der Waals surface area contributed by atoms with Crippen molar-refractivity contribution in [2.45, 2.75) is 45.4 Å². The van der Waals surface area contributed by atoms with E-state index in [2.05, 4.69) is 26.0 Å². The van der Waals surface area contributed by atoms with Crippen molar-refractivity contribution in [3.05, 3.63) is 42.3 Å². The SMILES string of the molecule is [CH2]CCCc1ccc(C(=O)CCCC)cc1. The van der Waals surface area contributed by atoms with Crippen molar-refractivity contribution >= 4 is 5.78 Å². The molecule has 0 aliphatic rings. The van der Waals surface area contributed by atoms with Crippen LogP contribution in [0.25, 0.3) is 0 Å². The van der Waals surface area contributed by atoms with E-state index in [-0.39, 0.29) is 5.78 Å². The van der Waals surface area contributed by atoms with Gasteiger partial charge in [-0.1, -0.05) is 51.0 Å². The van der Waals surface area contributed by atoms with Crippen LogP contribution in [-0.4, -0.2) is 5.78 Å². The minimum absolute atomic E-state index is 0.269. The Morgan fingerprint density at radius 2 is 1.88 bits per heavy atom. The van der Waals surface area contributed by atoms with Gasteiger partial charge < -0.3 is 0 Å². The molecule has 0 unspecified atom stereocenters. The van der Waals surface area contributed by atoms with Gasteiger partial charge in [0.25, 0.3) is 0 Å². The Morgan fingerprint density at radius 3 is 2.44 bits per heavy atom. The average Bonchev–Trinajstić information content (AvgIpc) is 2.34. The number of benzene rings is 1. The van der Waals surface area contributed by atoms with Crippen LogP contribution in [0.15, 0.2) is 24.3 Å². The van der Waals surface area contributed by atoms with Gasteiger partial charge in [-0.05, 0) is 24.8 Å². The van der Waals surface area contributed by atoms with E-state index in [0.29, 0.717) is 6.42 Å². The molecule has 1 nitrogen and oxygen atoms in total. The Balaban J connectivity index is 2.53. The van der Waals surface area contributed by atoms with Crippen LogP contribution in [0.3, 0.4) is 0 Å². The molecule has 0 atom stereocenters. The molecule has 1 heteroatoms. The average molecular weight is 217 g/mol. The highest BCUT2D eigenvalue weighted by Gasteiger charge is 2.04. The molecule has 0 bridgehead atoms. The fraction of sp³-hybridized carbons (Fsp3) is 0.467. The summed E-state index contributed by atoms with van der Waals surface area (Å²) in [4.78, 5) is 11.7.